The van der Waals surface area contributed by atoms with Crippen LogP contribution >= 0.6 is 0 Å². The highest BCUT2D eigenvalue weighted by Gasteiger charge is 2.37. The van der Waals surface area contributed by atoms with Crippen molar-refractivity contribution in [2.24, 2.45) is 12.8 Å². The molecule has 1 heterocycles. The Labute approximate surface area is 102 Å². The van der Waals surface area contributed by atoms with Crippen LogP contribution in [0.5, 0.6) is 0 Å². The number of hydrogen-bond donors (Lipinski definition) is 1. The van der Waals surface area contributed by atoms with Gasteiger partial charge in [0.25, 0.3) is 0 Å². The first-order chi connectivity index (χ1) is 8.07. The maximum absolute atomic E-state index is 6.16. The highest BCUT2D eigenvalue weighted by Crippen LogP contribution is 2.37. The second-order valence-corrected chi connectivity index (χ2v) is 5.65. The highest BCUT2D eigenvalue weighted by molar-refractivity contribution is 5.84. The Kier molecular flexibility index (Phi) is 2.30. The van der Waals surface area contributed by atoms with Crippen LogP contribution in [0.1, 0.15) is 30.4 Å². The molecular weight excluding hydrogens is 208 g/mol. The second-order valence-electron chi connectivity index (χ2n) is 5.65. The van der Waals surface area contributed by atoms with Crippen molar-refractivity contribution in [3.63, 3.8) is 0 Å². The van der Waals surface area contributed by atoms with Crippen molar-refractivity contribution in [1.29, 1.82) is 0 Å². The standard InChI is InChI=1S/C15H20N2/c1-11-3-4-13-12(5-6-15(16)7-8-15)10-17(2)14(13)9-11/h3-4,9-10H,5-8,16H2,1-2H3. The largest absolute Gasteiger partial charge is 0.350 e. The van der Waals surface area contributed by atoms with Gasteiger partial charge in [-0.2, -0.15) is 0 Å². The van der Waals surface area contributed by atoms with Crippen LogP contribution in [0.25, 0.3) is 10.9 Å². The van der Waals surface area contributed by atoms with Crippen LogP contribution in [-0.4, -0.2) is 10.1 Å². The first-order valence-electron chi connectivity index (χ1n) is 6.41. The Balaban J connectivity index is 1.93. The van der Waals surface area contributed by atoms with E-state index >= 15 is 0 Å². The van der Waals surface area contributed by atoms with E-state index in [0.29, 0.717) is 0 Å². The molecule has 2 N–H and O–H groups in total. The molecule has 2 heteroatoms. The monoisotopic (exact) mass is 228 g/mol. The molecule has 1 aromatic heterocycles. The van der Waals surface area contributed by atoms with Crippen molar-refractivity contribution in [3.8, 4) is 0 Å². The van der Waals surface area contributed by atoms with Gasteiger partial charge >= 0.3 is 0 Å². The number of rotatable bonds is 3. The Hall–Kier alpha value is -1.28. The molecule has 0 amide bonds. The number of fused-ring (bicyclic) bond motifs is 1. The molecule has 2 aromatic rings. The molecule has 90 valence electrons. The molecule has 1 fully saturated rings. The lowest BCUT2D eigenvalue weighted by molar-refractivity contribution is 0.610. The zero-order chi connectivity index (χ0) is 12.0. The maximum atomic E-state index is 6.16. The zero-order valence-electron chi connectivity index (χ0n) is 10.7. The lowest BCUT2D eigenvalue weighted by Gasteiger charge is -2.06. The Morgan fingerprint density at radius 1 is 1.35 bits per heavy atom. The smallest absolute Gasteiger partial charge is 0.0483 e. The number of hydrogen-bond acceptors (Lipinski definition) is 1. The zero-order valence-corrected chi connectivity index (χ0v) is 10.7. The minimum Gasteiger partial charge on any atom is -0.350 e. The molecule has 0 bridgehead atoms. The SMILES string of the molecule is Cc1ccc2c(CCC3(N)CC3)cn(C)c2c1. The van der Waals surface area contributed by atoms with Gasteiger partial charge in [0.1, 0.15) is 0 Å². The number of aromatic nitrogens is 1. The summed E-state index contributed by atoms with van der Waals surface area (Å²) in [6.45, 7) is 2.14. The van der Waals surface area contributed by atoms with Gasteiger partial charge in [-0.1, -0.05) is 12.1 Å². The van der Waals surface area contributed by atoms with Gasteiger partial charge < -0.3 is 10.3 Å². The van der Waals surface area contributed by atoms with Crippen molar-refractivity contribution in [3.05, 3.63) is 35.5 Å². The van der Waals surface area contributed by atoms with E-state index in [-0.39, 0.29) is 5.54 Å². The number of nitrogens with two attached hydrogens (primary N) is 1. The van der Waals surface area contributed by atoms with E-state index in [0.717, 1.165) is 12.8 Å². The Morgan fingerprint density at radius 3 is 2.82 bits per heavy atom. The van der Waals surface area contributed by atoms with E-state index in [9.17, 15) is 0 Å². The fourth-order valence-corrected chi connectivity index (χ4v) is 2.57. The summed E-state index contributed by atoms with van der Waals surface area (Å²) < 4.78 is 2.23. The molecule has 0 atom stereocenters. The van der Waals surface area contributed by atoms with Gasteiger partial charge in [-0.3, -0.25) is 0 Å². The normalized spacial score (nSPS) is 17.6. The Bertz CT molecular complexity index is 562. The quantitative estimate of drug-likeness (QED) is 0.860. The van der Waals surface area contributed by atoms with Crippen molar-refractivity contribution in [2.45, 2.75) is 38.1 Å². The van der Waals surface area contributed by atoms with Crippen LogP contribution in [0, 0.1) is 6.92 Å². The third kappa shape index (κ3) is 1.98. The number of benzene rings is 1. The van der Waals surface area contributed by atoms with Crippen molar-refractivity contribution in [2.75, 3.05) is 0 Å². The predicted molar refractivity (Wildman–Crippen MR) is 72.1 cm³/mol. The van der Waals surface area contributed by atoms with E-state index in [1.165, 1.54) is 34.9 Å². The summed E-state index contributed by atoms with van der Waals surface area (Å²) in [7, 11) is 2.13. The van der Waals surface area contributed by atoms with Gasteiger partial charge in [-0.25, -0.2) is 0 Å². The fourth-order valence-electron chi connectivity index (χ4n) is 2.57. The van der Waals surface area contributed by atoms with Crippen LogP contribution < -0.4 is 5.73 Å². The third-order valence-electron chi connectivity index (χ3n) is 4.01. The first-order valence-corrected chi connectivity index (χ1v) is 6.41. The minimum atomic E-state index is 0.160. The summed E-state index contributed by atoms with van der Waals surface area (Å²) in [5, 5.41) is 1.39. The van der Waals surface area contributed by atoms with Gasteiger partial charge in [0.15, 0.2) is 0 Å². The third-order valence-corrected chi connectivity index (χ3v) is 4.01. The summed E-state index contributed by atoms with van der Waals surface area (Å²) in [4.78, 5) is 0. The molecule has 1 aromatic carbocycles. The highest BCUT2D eigenvalue weighted by atomic mass is 14.9. The van der Waals surface area contributed by atoms with E-state index in [2.05, 4.69) is 42.9 Å². The number of nitrogens with zero attached hydrogens (tertiary/aromatic N) is 1. The molecule has 3 rings (SSSR count). The molecule has 17 heavy (non-hydrogen) atoms. The maximum Gasteiger partial charge on any atom is 0.0483 e. The Morgan fingerprint density at radius 2 is 2.12 bits per heavy atom. The molecule has 0 unspecified atom stereocenters. The molecule has 0 radical (unpaired) electrons. The van der Waals surface area contributed by atoms with Crippen LogP contribution in [0.3, 0.4) is 0 Å². The van der Waals surface area contributed by atoms with Gasteiger partial charge in [0.05, 0.1) is 0 Å². The molecule has 0 spiro atoms. The van der Waals surface area contributed by atoms with Crippen LogP contribution in [0.2, 0.25) is 0 Å². The van der Waals surface area contributed by atoms with Crippen LogP contribution in [-0.2, 0) is 13.5 Å². The van der Waals surface area contributed by atoms with Crippen LogP contribution in [0.4, 0.5) is 0 Å². The van der Waals surface area contributed by atoms with E-state index in [1.807, 2.05) is 0 Å². The first kappa shape index (κ1) is 10.8. The molecule has 1 saturated carbocycles. The van der Waals surface area contributed by atoms with E-state index < -0.39 is 0 Å². The van der Waals surface area contributed by atoms with Gasteiger partial charge in [0, 0.05) is 29.7 Å². The lowest BCUT2D eigenvalue weighted by atomic mass is 10.0. The molecule has 1 aliphatic carbocycles. The summed E-state index contributed by atoms with van der Waals surface area (Å²) in [6, 6.07) is 6.70. The van der Waals surface area contributed by atoms with Crippen molar-refractivity contribution < 1.29 is 0 Å². The van der Waals surface area contributed by atoms with E-state index in [1.54, 1.807) is 0 Å². The molecule has 0 saturated heterocycles. The average molecular weight is 228 g/mol. The average Bonchev–Trinajstić information content (AvgIpc) is 2.95. The summed E-state index contributed by atoms with van der Waals surface area (Å²) in [6.07, 6.45) is 6.90. The molecule has 2 nitrogen and oxygen atoms in total. The molecular formula is C15H20N2. The predicted octanol–water partition coefficient (Wildman–Crippen LogP) is 2.91. The number of aryl methyl sites for hydroxylation is 3. The van der Waals surface area contributed by atoms with Gasteiger partial charge in [-0.05, 0) is 49.8 Å². The minimum absolute atomic E-state index is 0.160. The summed E-state index contributed by atoms with van der Waals surface area (Å²) in [5.74, 6) is 0. The second kappa shape index (κ2) is 3.61. The summed E-state index contributed by atoms with van der Waals surface area (Å²) in [5.41, 5.74) is 10.4. The van der Waals surface area contributed by atoms with Crippen LogP contribution in [0.15, 0.2) is 24.4 Å². The van der Waals surface area contributed by atoms with Gasteiger partial charge in [0.2, 0.25) is 0 Å². The topological polar surface area (TPSA) is 30.9 Å². The lowest BCUT2D eigenvalue weighted by Crippen LogP contribution is -2.21. The molecule has 1 aliphatic rings. The van der Waals surface area contributed by atoms with Gasteiger partial charge in [-0.15, -0.1) is 0 Å². The summed E-state index contributed by atoms with van der Waals surface area (Å²) >= 11 is 0. The fraction of sp³-hybridized carbons (Fsp3) is 0.467. The van der Waals surface area contributed by atoms with E-state index in [4.69, 9.17) is 5.73 Å². The molecule has 0 aliphatic heterocycles. The van der Waals surface area contributed by atoms with Crippen molar-refractivity contribution in [1.82, 2.24) is 4.57 Å². The van der Waals surface area contributed by atoms with Crippen molar-refractivity contribution >= 4 is 10.9 Å².